The van der Waals surface area contributed by atoms with Gasteiger partial charge in [-0.1, -0.05) is 20.3 Å². The molecule has 0 amide bonds. The summed E-state index contributed by atoms with van der Waals surface area (Å²) in [6.07, 6.45) is 2.44. The third-order valence-electron chi connectivity index (χ3n) is 4.66. The Labute approximate surface area is 122 Å². The minimum Gasteiger partial charge on any atom is -0.311 e. The fraction of sp³-hybridized carbons (Fsp3) is 0.750. The summed E-state index contributed by atoms with van der Waals surface area (Å²) >= 11 is 1.81. The van der Waals surface area contributed by atoms with Gasteiger partial charge >= 0.3 is 0 Å². The van der Waals surface area contributed by atoms with Crippen molar-refractivity contribution in [3.63, 3.8) is 0 Å². The summed E-state index contributed by atoms with van der Waals surface area (Å²) in [5.41, 5.74) is 1.49. The maximum atomic E-state index is 3.72. The summed E-state index contributed by atoms with van der Waals surface area (Å²) in [7, 11) is 0. The second kappa shape index (κ2) is 6.87. The molecule has 108 valence electrons. The summed E-state index contributed by atoms with van der Waals surface area (Å²) in [5, 5.41) is 8.20. The van der Waals surface area contributed by atoms with Crippen molar-refractivity contribution in [1.29, 1.82) is 0 Å². The number of piperazine rings is 1. The van der Waals surface area contributed by atoms with E-state index < -0.39 is 0 Å². The Balaban J connectivity index is 1.96. The molecule has 2 heterocycles. The normalized spacial score (nSPS) is 28.2. The van der Waals surface area contributed by atoms with Crippen LogP contribution in [0.15, 0.2) is 16.8 Å². The maximum absolute atomic E-state index is 3.72. The van der Waals surface area contributed by atoms with E-state index >= 15 is 0 Å². The van der Waals surface area contributed by atoms with Crippen molar-refractivity contribution in [2.75, 3.05) is 13.1 Å². The van der Waals surface area contributed by atoms with Crippen LogP contribution < -0.4 is 5.32 Å². The highest BCUT2D eigenvalue weighted by atomic mass is 32.1. The molecule has 0 spiro atoms. The van der Waals surface area contributed by atoms with Crippen LogP contribution in [0, 0.1) is 5.92 Å². The Morgan fingerprint density at radius 1 is 1.47 bits per heavy atom. The fourth-order valence-electron chi connectivity index (χ4n) is 3.06. The van der Waals surface area contributed by atoms with E-state index in [2.05, 4.69) is 54.7 Å². The molecule has 0 bridgehead atoms. The van der Waals surface area contributed by atoms with Gasteiger partial charge in [0, 0.05) is 31.2 Å². The smallest absolute Gasteiger partial charge is 0.0221 e. The van der Waals surface area contributed by atoms with E-state index in [-0.39, 0.29) is 0 Å². The van der Waals surface area contributed by atoms with Crippen molar-refractivity contribution >= 4 is 11.3 Å². The van der Waals surface area contributed by atoms with Crippen LogP contribution in [0.25, 0.3) is 0 Å². The highest BCUT2D eigenvalue weighted by Crippen LogP contribution is 2.20. The average Bonchev–Trinajstić information content (AvgIpc) is 2.91. The highest BCUT2D eigenvalue weighted by Gasteiger charge is 2.30. The fourth-order valence-corrected chi connectivity index (χ4v) is 3.74. The molecule has 0 aliphatic carbocycles. The van der Waals surface area contributed by atoms with Gasteiger partial charge < -0.3 is 5.32 Å². The van der Waals surface area contributed by atoms with Gasteiger partial charge in [-0.25, -0.2) is 0 Å². The van der Waals surface area contributed by atoms with Gasteiger partial charge in [0.05, 0.1) is 0 Å². The minimum absolute atomic E-state index is 0.637. The van der Waals surface area contributed by atoms with E-state index in [1.165, 1.54) is 24.9 Å². The predicted octanol–water partition coefficient (Wildman–Crippen LogP) is 3.39. The zero-order chi connectivity index (χ0) is 13.8. The minimum atomic E-state index is 0.637. The number of hydrogen-bond acceptors (Lipinski definition) is 3. The summed E-state index contributed by atoms with van der Waals surface area (Å²) in [6, 6.07) is 4.21. The van der Waals surface area contributed by atoms with Crippen LogP contribution in [0.1, 0.15) is 39.7 Å². The van der Waals surface area contributed by atoms with Crippen LogP contribution in [-0.4, -0.2) is 36.1 Å². The Hall–Kier alpha value is -0.380. The molecule has 2 nitrogen and oxygen atoms in total. The largest absolute Gasteiger partial charge is 0.311 e. The van der Waals surface area contributed by atoms with Crippen LogP contribution >= 0.6 is 11.3 Å². The molecule has 1 fully saturated rings. The van der Waals surface area contributed by atoms with Crippen LogP contribution in [0.4, 0.5) is 0 Å². The van der Waals surface area contributed by atoms with Crippen LogP contribution in [-0.2, 0) is 6.42 Å². The quantitative estimate of drug-likeness (QED) is 0.889. The lowest BCUT2D eigenvalue weighted by Crippen LogP contribution is -2.59. The van der Waals surface area contributed by atoms with Gasteiger partial charge in [-0.05, 0) is 48.6 Å². The monoisotopic (exact) mass is 280 g/mol. The number of nitrogens with one attached hydrogen (secondary N) is 1. The van der Waals surface area contributed by atoms with Gasteiger partial charge in [0.1, 0.15) is 0 Å². The first-order valence-corrected chi connectivity index (χ1v) is 8.56. The Morgan fingerprint density at radius 3 is 2.89 bits per heavy atom. The van der Waals surface area contributed by atoms with E-state index in [1.54, 1.807) is 0 Å². The van der Waals surface area contributed by atoms with Gasteiger partial charge in [0.2, 0.25) is 0 Å². The van der Waals surface area contributed by atoms with Crippen LogP contribution in [0.2, 0.25) is 0 Å². The molecule has 1 aromatic heterocycles. The predicted molar refractivity (Wildman–Crippen MR) is 84.9 cm³/mol. The van der Waals surface area contributed by atoms with Gasteiger partial charge in [0.15, 0.2) is 0 Å². The van der Waals surface area contributed by atoms with E-state index in [0.717, 1.165) is 12.5 Å². The van der Waals surface area contributed by atoms with Gasteiger partial charge in [0.25, 0.3) is 0 Å². The first-order chi connectivity index (χ1) is 9.11. The SMILES string of the molecule is CCC(C)C1CN(C(C)Cc2ccsc2)C(C)CN1. The van der Waals surface area contributed by atoms with Crippen molar-refractivity contribution in [1.82, 2.24) is 10.2 Å². The van der Waals surface area contributed by atoms with E-state index in [0.29, 0.717) is 18.1 Å². The number of hydrogen-bond donors (Lipinski definition) is 1. The molecule has 4 atom stereocenters. The number of nitrogens with zero attached hydrogens (tertiary/aromatic N) is 1. The van der Waals surface area contributed by atoms with Gasteiger partial charge in [-0.2, -0.15) is 11.3 Å². The molecule has 0 radical (unpaired) electrons. The zero-order valence-electron chi connectivity index (χ0n) is 12.7. The van der Waals surface area contributed by atoms with Crippen LogP contribution in [0.5, 0.6) is 0 Å². The third kappa shape index (κ3) is 3.80. The molecule has 1 saturated heterocycles. The van der Waals surface area contributed by atoms with Crippen molar-refractivity contribution in [2.24, 2.45) is 5.92 Å². The van der Waals surface area contributed by atoms with Crippen molar-refractivity contribution in [3.05, 3.63) is 22.4 Å². The van der Waals surface area contributed by atoms with Gasteiger partial charge in [-0.15, -0.1) is 0 Å². The highest BCUT2D eigenvalue weighted by molar-refractivity contribution is 7.07. The van der Waals surface area contributed by atoms with Crippen molar-refractivity contribution in [3.8, 4) is 0 Å². The number of rotatable bonds is 5. The topological polar surface area (TPSA) is 15.3 Å². The zero-order valence-corrected chi connectivity index (χ0v) is 13.5. The lowest BCUT2D eigenvalue weighted by Gasteiger charge is -2.44. The second-order valence-electron chi connectivity index (χ2n) is 6.13. The molecule has 19 heavy (non-hydrogen) atoms. The molecular weight excluding hydrogens is 252 g/mol. The van der Waals surface area contributed by atoms with Crippen LogP contribution in [0.3, 0.4) is 0 Å². The average molecular weight is 280 g/mol. The molecule has 1 N–H and O–H groups in total. The lowest BCUT2D eigenvalue weighted by molar-refractivity contribution is 0.0821. The number of thiophene rings is 1. The summed E-state index contributed by atoms with van der Waals surface area (Å²) in [6.45, 7) is 11.7. The van der Waals surface area contributed by atoms with Gasteiger partial charge in [-0.3, -0.25) is 4.90 Å². The summed E-state index contributed by atoms with van der Waals surface area (Å²) < 4.78 is 0. The van der Waals surface area contributed by atoms with Crippen molar-refractivity contribution < 1.29 is 0 Å². The Kier molecular flexibility index (Phi) is 5.43. The molecule has 1 aliphatic rings. The van der Waals surface area contributed by atoms with E-state index in [4.69, 9.17) is 0 Å². The summed E-state index contributed by atoms with van der Waals surface area (Å²) in [5.74, 6) is 0.767. The standard InChI is InChI=1S/C16H28N2S/c1-5-12(2)16-10-18(14(4)9-17-16)13(3)8-15-6-7-19-11-15/h6-7,11-14,16-17H,5,8-10H2,1-4H3. The molecule has 2 rings (SSSR count). The summed E-state index contributed by atoms with van der Waals surface area (Å²) in [4.78, 5) is 2.70. The lowest BCUT2D eigenvalue weighted by atomic mass is 9.94. The van der Waals surface area contributed by atoms with Crippen molar-refractivity contribution in [2.45, 2.75) is 58.7 Å². The molecule has 1 aliphatic heterocycles. The van der Waals surface area contributed by atoms with E-state index in [9.17, 15) is 0 Å². The molecule has 0 aromatic carbocycles. The molecule has 4 unspecified atom stereocenters. The Bertz CT molecular complexity index is 363. The van der Waals surface area contributed by atoms with E-state index in [1.807, 2.05) is 11.3 Å². The second-order valence-corrected chi connectivity index (χ2v) is 6.91. The molecule has 0 saturated carbocycles. The molecular formula is C16H28N2S. The third-order valence-corrected chi connectivity index (χ3v) is 5.39. The molecule has 3 heteroatoms. The molecule has 1 aromatic rings. The first-order valence-electron chi connectivity index (χ1n) is 7.62. The maximum Gasteiger partial charge on any atom is 0.0221 e. The first kappa shape index (κ1) is 15.0. The Morgan fingerprint density at radius 2 is 2.26 bits per heavy atom.